The van der Waals surface area contributed by atoms with E-state index in [4.69, 9.17) is 0 Å². The van der Waals surface area contributed by atoms with E-state index in [1.165, 1.54) is 13.0 Å². The van der Waals surface area contributed by atoms with Crippen molar-refractivity contribution in [2.24, 2.45) is 0 Å². The highest BCUT2D eigenvalue weighted by Gasteiger charge is 2.30. The minimum Gasteiger partial charge on any atom is -0.324 e. The smallest absolute Gasteiger partial charge is 0.255 e. The van der Waals surface area contributed by atoms with E-state index < -0.39 is 33.6 Å². The van der Waals surface area contributed by atoms with Gasteiger partial charge < -0.3 is 10.6 Å². The minimum absolute atomic E-state index is 0.0454. The molecule has 1 unspecified atom stereocenters. The van der Waals surface area contributed by atoms with Crippen LogP contribution < -0.4 is 14.9 Å². The van der Waals surface area contributed by atoms with Crippen molar-refractivity contribution in [3.8, 4) is 0 Å². The highest BCUT2D eigenvalue weighted by atomic mass is 32.2. The fraction of sp³-hybridized carbons (Fsp3) is 0.259. The van der Waals surface area contributed by atoms with Crippen LogP contribution in [0, 0.1) is 11.6 Å². The molecule has 0 aliphatic rings. The first kappa shape index (κ1) is 27.8. The van der Waals surface area contributed by atoms with Gasteiger partial charge in [-0.1, -0.05) is 39.0 Å². The SMILES string of the molecule is CC(C(=O)Nc1cccc(NC(=O)c2ccc(C(C)(C)C)cc2)c1)N(c1ccc(F)c(F)c1)S(C)(=O)=O. The summed E-state index contributed by atoms with van der Waals surface area (Å²) in [5.74, 6) is -3.43. The molecule has 2 N–H and O–H groups in total. The number of nitrogens with zero attached hydrogens (tertiary/aromatic N) is 1. The van der Waals surface area contributed by atoms with E-state index in [1.807, 2.05) is 12.1 Å². The molecule has 0 saturated carbocycles. The van der Waals surface area contributed by atoms with Crippen molar-refractivity contribution in [3.63, 3.8) is 0 Å². The quantitative estimate of drug-likeness (QED) is 0.434. The Morgan fingerprint density at radius 1 is 0.865 bits per heavy atom. The number of halogens is 2. The normalized spacial score (nSPS) is 12.5. The number of nitrogens with one attached hydrogen (secondary N) is 2. The molecule has 10 heteroatoms. The number of anilines is 3. The average Bonchev–Trinajstić information content (AvgIpc) is 2.80. The maximum absolute atomic E-state index is 13.8. The maximum Gasteiger partial charge on any atom is 0.255 e. The first-order valence-electron chi connectivity index (χ1n) is 11.4. The molecule has 37 heavy (non-hydrogen) atoms. The van der Waals surface area contributed by atoms with Crippen molar-refractivity contribution in [2.45, 2.75) is 39.2 Å². The summed E-state index contributed by atoms with van der Waals surface area (Å²) in [5, 5.41) is 5.37. The molecule has 1 atom stereocenters. The summed E-state index contributed by atoms with van der Waals surface area (Å²) in [5.41, 5.74) is 2.03. The van der Waals surface area contributed by atoms with Gasteiger partial charge in [-0.3, -0.25) is 13.9 Å². The topological polar surface area (TPSA) is 95.6 Å². The largest absolute Gasteiger partial charge is 0.324 e. The lowest BCUT2D eigenvalue weighted by Gasteiger charge is -2.28. The molecule has 3 aromatic rings. The summed E-state index contributed by atoms with van der Waals surface area (Å²) in [7, 11) is -4.02. The van der Waals surface area contributed by atoms with E-state index in [0.717, 1.165) is 24.0 Å². The van der Waals surface area contributed by atoms with Gasteiger partial charge in [-0.05, 0) is 60.4 Å². The molecular weight excluding hydrogens is 500 g/mol. The predicted molar refractivity (Wildman–Crippen MR) is 141 cm³/mol. The van der Waals surface area contributed by atoms with Gasteiger partial charge in [0.15, 0.2) is 11.6 Å². The Morgan fingerprint density at radius 2 is 1.46 bits per heavy atom. The van der Waals surface area contributed by atoms with Gasteiger partial charge in [0.25, 0.3) is 5.91 Å². The molecule has 7 nitrogen and oxygen atoms in total. The van der Waals surface area contributed by atoms with Crippen molar-refractivity contribution >= 4 is 38.9 Å². The van der Waals surface area contributed by atoms with Crippen molar-refractivity contribution in [1.29, 1.82) is 0 Å². The molecule has 0 fully saturated rings. The Kier molecular flexibility index (Phi) is 8.02. The van der Waals surface area contributed by atoms with Crippen molar-refractivity contribution < 1.29 is 26.8 Å². The second kappa shape index (κ2) is 10.7. The number of hydrogen-bond donors (Lipinski definition) is 2. The van der Waals surface area contributed by atoms with Gasteiger partial charge in [0.1, 0.15) is 6.04 Å². The van der Waals surface area contributed by atoms with Crippen LogP contribution in [0.15, 0.2) is 66.7 Å². The van der Waals surface area contributed by atoms with Crippen LogP contribution in [0.2, 0.25) is 0 Å². The molecule has 0 aromatic heterocycles. The summed E-state index contributed by atoms with van der Waals surface area (Å²) >= 11 is 0. The fourth-order valence-electron chi connectivity index (χ4n) is 3.68. The van der Waals surface area contributed by atoms with Gasteiger partial charge in [0, 0.05) is 23.0 Å². The van der Waals surface area contributed by atoms with Crippen LogP contribution in [-0.4, -0.2) is 32.5 Å². The molecule has 0 saturated heterocycles. The number of rotatable bonds is 7. The highest BCUT2D eigenvalue weighted by molar-refractivity contribution is 7.92. The lowest BCUT2D eigenvalue weighted by atomic mass is 9.87. The van der Waals surface area contributed by atoms with E-state index in [-0.39, 0.29) is 17.0 Å². The Morgan fingerprint density at radius 3 is 2.00 bits per heavy atom. The first-order valence-corrected chi connectivity index (χ1v) is 13.3. The standard InChI is InChI=1S/C27H29F2N3O4S/c1-17(32(37(5,35)36)22-13-14-23(28)24(29)16-22)25(33)30-20-7-6-8-21(15-20)31-26(34)18-9-11-19(12-10-18)27(2,3)4/h6-17H,1-5H3,(H,30,33)(H,31,34). The third-order valence-corrected chi connectivity index (χ3v) is 6.89. The van der Waals surface area contributed by atoms with Gasteiger partial charge in [-0.15, -0.1) is 0 Å². The molecular formula is C27H29F2N3O4S. The third-order valence-electron chi connectivity index (χ3n) is 5.65. The molecule has 3 rings (SSSR count). The Labute approximate surface area is 215 Å². The zero-order chi connectivity index (χ0) is 27.5. The van der Waals surface area contributed by atoms with E-state index in [9.17, 15) is 26.8 Å². The number of sulfonamides is 1. The summed E-state index contributed by atoms with van der Waals surface area (Å²) in [4.78, 5) is 25.6. The third kappa shape index (κ3) is 6.91. The number of hydrogen-bond acceptors (Lipinski definition) is 4. The lowest BCUT2D eigenvalue weighted by Crippen LogP contribution is -2.45. The molecule has 3 aromatic carbocycles. The van der Waals surface area contributed by atoms with Crippen molar-refractivity contribution in [2.75, 3.05) is 21.2 Å². The molecule has 0 bridgehead atoms. The number of benzene rings is 3. The summed E-state index contributed by atoms with van der Waals surface area (Å²) in [6.07, 6.45) is 0.863. The monoisotopic (exact) mass is 529 g/mol. The predicted octanol–water partition coefficient (Wildman–Crippen LogP) is 5.31. The van der Waals surface area contributed by atoms with Gasteiger partial charge >= 0.3 is 0 Å². The second-order valence-corrected chi connectivity index (χ2v) is 11.5. The Balaban J connectivity index is 1.75. The zero-order valence-electron chi connectivity index (χ0n) is 21.2. The van der Waals surface area contributed by atoms with Crippen LogP contribution in [0.4, 0.5) is 25.8 Å². The first-order chi connectivity index (χ1) is 17.2. The fourth-order valence-corrected chi connectivity index (χ4v) is 4.84. The minimum atomic E-state index is -4.02. The lowest BCUT2D eigenvalue weighted by molar-refractivity contribution is -0.116. The Hall–Kier alpha value is -3.79. The maximum atomic E-state index is 13.8. The number of amides is 2. The zero-order valence-corrected chi connectivity index (χ0v) is 22.0. The van der Waals surface area contributed by atoms with E-state index in [1.54, 1.807) is 30.3 Å². The van der Waals surface area contributed by atoms with Crippen LogP contribution in [0.1, 0.15) is 43.6 Å². The van der Waals surface area contributed by atoms with Crippen LogP contribution in [0.25, 0.3) is 0 Å². The van der Waals surface area contributed by atoms with Crippen molar-refractivity contribution in [3.05, 3.63) is 89.5 Å². The van der Waals surface area contributed by atoms with Gasteiger partial charge in [-0.25, -0.2) is 17.2 Å². The molecule has 0 radical (unpaired) electrons. The molecule has 0 heterocycles. The van der Waals surface area contributed by atoms with Gasteiger partial charge in [-0.2, -0.15) is 0 Å². The van der Waals surface area contributed by atoms with Gasteiger partial charge in [0.2, 0.25) is 15.9 Å². The molecule has 2 amide bonds. The average molecular weight is 530 g/mol. The summed E-state index contributed by atoms with van der Waals surface area (Å²) < 4.78 is 52.6. The highest BCUT2D eigenvalue weighted by Crippen LogP contribution is 2.25. The molecule has 0 spiro atoms. The molecule has 0 aliphatic carbocycles. The Bertz CT molecular complexity index is 1420. The molecule has 0 aliphatic heterocycles. The second-order valence-electron chi connectivity index (χ2n) is 9.68. The summed E-state index contributed by atoms with van der Waals surface area (Å²) in [6, 6.07) is 14.9. The van der Waals surface area contributed by atoms with Crippen molar-refractivity contribution in [1.82, 2.24) is 0 Å². The molecule has 196 valence electrons. The van der Waals surface area contributed by atoms with Crippen LogP contribution in [0.5, 0.6) is 0 Å². The number of carbonyl (C=O) groups is 2. The van der Waals surface area contributed by atoms with E-state index >= 15 is 0 Å². The van der Waals surface area contributed by atoms with E-state index in [2.05, 4.69) is 31.4 Å². The van der Waals surface area contributed by atoms with Gasteiger partial charge in [0.05, 0.1) is 11.9 Å². The van der Waals surface area contributed by atoms with Crippen LogP contribution in [-0.2, 0) is 20.2 Å². The van der Waals surface area contributed by atoms with E-state index in [0.29, 0.717) is 27.3 Å². The number of carbonyl (C=O) groups excluding carboxylic acids is 2. The van der Waals surface area contributed by atoms with Crippen LogP contribution in [0.3, 0.4) is 0 Å². The summed E-state index contributed by atoms with van der Waals surface area (Å²) in [6.45, 7) is 7.56. The van der Waals surface area contributed by atoms with Crippen LogP contribution >= 0.6 is 0 Å².